The first-order valence-electron chi connectivity index (χ1n) is 7.46. The molecular weight excluding hydrogens is 304 g/mol. The van der Waals surface area contributed by atoms with Crippen LogP contribution in [0.1, 0.15) is 5.69 Å². The van der Waals surface area contributed by atoms with Gasteiger partial charge >= 0.3 is 6.01 Å². The van der Waals surface area contributed by atoms with Crippen molar-refractivity contribution in [3.05, 3.63) is 72.8 Å². The molecule has 4 aromatic rings. The van der Waals surface area contributed by atoms with Crippen molar-refractivity contribution in [2.45, 2.75) is 6.54 Å². The number of rotatable bonds is 5. The van der Waals surface area contributed by atoms with E-state index in [2.05, 4.69) is 25.6 Å². The number of para-hydroxylation sites is 1. The van der Waals surface area contributed by atoms with Crippen LogP contribution < -0.4 is 5.32 Å². The molecule has 0 saturated carbocycles. The summed E-state index contributed by atoms with van der Waals surface area (Å²) in [5.74, 6) is 0.453. The van der Waals surface area contributed by atoms with Crippen LogP contribution in [0.4, 0.5) is 6.01 Å². The minimum atomic E-state index is 0.357. The van der Waals surface area contributed by atoms with Gasteiger partial charge in [-0.05, 0) is 30.3 Å². The van der Waals surface area contributed by atoms with E-state index in [0.717, 1.165) is 16.9 Å². The SMILES string of the molecule is c1ccc(-n2ccc(CNc3nnc(-c4ccncc4)o3)n2)cc1. The highest BCUT2D eigenvalue weighted by Crippen LogP contribution is 2.18. The summed E-state index contributed by atoms with van der Waals surface area (Å²) in [6.07, 6.45) is 5.29. The van der Waals surface area contributed by atoms with Crippen LogP contribution in [0.25, 0.3) is 17.1 Å². The van der Waals surface area contributed by atoms with Crippen molar-refractivity contribution in [1.29, 1.82) is 0 Å². The number of aromatic nitrogens is 5. The highest BCUT2D eigenvalue weighted by molar-refractivity contribution is 5.51. The Bertz CT molecular complexity index is 839. The molecular formula is C17H14N6O. The van der Waals surface area contributed by atoms with Crippen LogP contribution in [-0.2, 0) is 6.54 Å². The quantitative estimate of drug-likeness (QED) is 0.609. The molecule has 118 valence electrons. The summed E-state index contributed by atoms with van der Waals surface area (Å²) in [7, 11) is 0. The van der Waals surface area contributed by atoms with Gasteiger partial charge in [0.1, 0.15) is 0 Å². The van der Waals surface area contributed by atoms with Crippen LogP contribution in [0.2, 0.25) is 0 Å². The first-order valence-corrected chi connectivity index (χ1v) is 7.46. The van der Waals surface area contributed by atoms with Gasteiger partial charge in [-0.1, -0.05) is 23.3 Å². The van der Waals surface area contributed by atoms with Crippen LogP contribution in [0, 0.1) is 0 Å². The Morgan fingerprint density at radius 3 is 2.62 bits per heavy atom. The smallest absolute Gasteiger partial charge is 0.316 e. The van der Waals surface area contributed by atoms with Crippen molar-refractivity contribution in [2.75, 3.05) is 5.32 Å². The largest absolute Gasteiger partial charge is 0.403 e. The Labute approximate surface area is 138 Å². The van der Waals surface area contributed by atoms with Gasteiger partial charge in [-0.3, -0.25) is 4.98 Å². The maximum Gasteiger partial charge on any atom is 0.316 e. The molecule has 4 rings (SSSR count). The van der Waals surface area contributed by atoms with Crippen LogP contribution in [0.3, 0.4) is 0 Å². The fraction of sp³-hybridized carbons (Fsp3) is 0.0588. The molecule has 0 amide bonds. The highest BCUT2D eigenvalue weighted by atomic mass is 16.4. The van der Waals surface area contributed by atoms with Gasteiger partial charge < -0.3 is 9.73 Å². The van der Waals surface area contributed by atoms with E-state index in [0.29, 0.717) is 18.5 Å². The van der Waals surface area contributed by atoms with Crippen LogP contribution >= 0.6 is 0 Å². The number of benzene rings is 1. The summed E-state index contributed by atoms with van der Waals surface area (Å²) in [6, 6.07) is 15.9. The Kier molecular flexibility index (Phi) is 3.73. The van der Waals surface area contributed by atoms with E-state index in [1.165, 1.54) is 0 Å². The Hall–Kier alpha value is -3.48. The summed E-state index contributed by atoms with van der Waals surface area (Å²) >= 11 is 0. The lowest BCUT2D eigenvalue weighted by molar-refractivity contribution is 0.580. The first-order chi connectivity index (χ1) is 11.9. The average Bonchev–Trinajstić information content (AvgIpc) is 3.31. The maximum absolute atomic E-state index is 5.59. The molecule has 0 unspecified atom stereocenters. The summed E-state index contributed by atoms with van der Waals surface area (Å²) in [5.41, 5.74) is 2.72. The standard InChI is InChI=1S/C17H14N6O/c1-2-4-15(5-3-1)23-11-8-14(22-23)12-19-17-21-20-16(24-17)13-6-9-18-10-7-13/h1-11H,12H2,(H,19,21). The van der Waals surface area contributed by atoms with Crippen molar-refractivity contribution in [3.8, 4) is 17.1 Å². The fourth-order valence-corrected chi connectivity index (χ4v) is 2.25. The second-order valence-corrected chi connectivity index (χ2v) is 5.09. The molecule has 0 spiro atoms. The number of hydrogen-bond acceptors (Lipinski definition) is 6. The van der Waals surface area contributed by atoms with Crippen molar-refractivity contribution in [3.63, 3.8) is 0 Å². The third kappa shape index (κ3) is 3.00. The van der Waals surface area contributed by atoms with E-state index in [1.54, 1.807) is 12.4 Å². The molecule has 0 radical (unpaired) electrons. The lowest BCUT2D eigenvalue weighted by Gasteiger charge is -2.00. The molecule has 0 bridgehead atoms. The Morgan fingerprint density at radius 2 is 1.79 bits per heavy atom. The fourth-order valence-electron chi connectivity index (χ4n) is 2.25. The molecule has 0 aliphatic rings. The summed E-state index contributed by atoms with van der Waals surface area (Å²) in [4.78, 5) is 3.96. The lowest BCUT2D eigenvalue weighted by atomic mass is 10.3. The summed E-state index contributed by atoms with van der Waals surface area (Å²) in [5, 5.41) is 15.6. The third-order valence-corrected chi connectivity index (χ3v) is 3.44. The van der Waals surface area contributed by atoms with Crippen molar-refractivity contribution < 1.29 is 4.42 Å². The first kappa shape index (κ1) is 14.1. The van der Waals surface area contributed by atoms with Crippen LogP contribution in [0.15, 0.2) is 71.5 Å². The van der Waals surface area contributed by atoms with Crippen LogP contribution in [0.5, 0.6) is 0 Å². The van der Waals surface area contributed by atoms with Gasteiger partial charge in [-0.25, -0.2) is 4.68 Å². The lowest BCUT2D eigenvalue weighted by Crippen LogP contribution is -2.02. The molecule has 24 heavy (non-hydrogen) atoms. The zero-order valence-corrected chi connectivity index (χ0v) is 12.7. The van der Waals surface area contributed by atoms with E-state index in [4.69, 9.17) is 4.42 Å². The molecule has 0 aliphatic carbocycles. The van der Waals surface area contributed by atoms with Gasteiger partial charge in [0.25, 0.3) is 0 Å². The zero-order chi connectivity index (χ0) is 16.2. The molecule has 1 aromatic carbocycles. The van der Waals surface area contributed by atoms with E-state index in [9.17, 15) is 0 Å². The second kappa shape index (κ2) is 6.33. The Morgan fingerprint density at radius 1 is 0.958 bits per heavy atom. The normalized spacial score (nSPS) is 10.7. The Balaban J connectivity index is 1.43. The molecule has 0 atom stereocenters. The van der Waals surface area contributed by atoms with Gasteiger partial charge in [0.2, 0.25) is 5.89 Å². The number of nitrogens with zero attached hydrogens (tertiary/aromatic N) is 5. The molecule has 0 fully saturated rings. The molecule has 7 heteroatoms. The molecule has 0 saturated heterocycles. The summed E-state index contributed by atoms with van der Waals surface area (Å²) in [6.45, 7) is 0.498. The van der Waals surface area contributed by atoms with Gasteiger partial charge in [0, 0.05) is 24.2 Å². The topological polar surface area (TPSA) is 81.7 Å². The second-order valence-electron chi connectivity index (χ2n) is 5.09. The zero-order valence-electron chi connectivity index (χ0n) is 12.7. The maximum atomic E-state index is 5.59. The molecule has 7 nitrogen and oxygen atoms in total. The number of pyridine rings is 1. The van der Waals surface area contributed by atoms with E-state index in [-0.39, 0.29) is 0 Å². The minimum absolute atomic E-state index is 0.357. The number of nitrogens with one attached hydrogen (secondary N) is 1. The van der Waals surface area contributed by atoms with Gasteiger partial charge in [0.15, 0.2) is 0 Å². The van der Waals surface area contributed by atoms with Gasteiger partial charge in [-0.2, -0.15) is 5.10 Å². The minimum Gasteiger partial charge on any atom is -0.403 e. The van der Waals surface area contributed by atoms with E-state index in [1.807, 2.05) is 59.4 Å². The van der Waals surface area contributed by atoms with E-state index >= 15 is 0 Å². The van der Waals surface area contributed by atoms with E-state index < -0.39 is 0 Å². The van der Waals surface area contributed by atoms with Crippen molar-refractivity contribution in [2.24, 2.45) is 0 Å². The van der Waals surface area contributed by atoms with Crippen molar-refractivity contribution in [1.82, 2.24) is 25.0 Å². The average molecular weight is 318 g/mol. The number of hydrogen-bond donors (Lipinski definition) is 1. The molecule has 1 N–H and O–H groups in total. The third-order valence-electron chi connectivity index (χ3n) is 3.44. The van der Waals surface area contributed by atoms with Crippen molar-refractivity contribution >= 4 is 6.01 Å². The molecule has 3 aromatic heterocycles. The van der Waals surface area contributed by atoms with Crippen LogP contribution in [-0.4, -0.2) is 25.0 Å². The highest BCUT2D eigenvalue weighted by Gasteiger charge is 2.08. The monoisotopic (exact) mass is 318 g/mol. The number of anilines is 1. The summed E-state index contributed by atoms with van der Waals surface area (Å²) < 4.78 is 7.41. The molecule has 3 heterocycles. The predicted octanol–water partition coefficient (Wildman–Crippen LogP) is 2.93. The van der Waals surface area contributed by atoms with Gasteiger partial charge in [-0.15, -0.1) is 5.10 Å². The van der Waals surface area contributed by atoms with Gasteiger partial charge in [0.05, 0.1) is 17.9 Å². The predicted molar refractivity (Wildman–Crippen MR) is 88.4 cm³/mol. The molecule has 0 aliphatic heterocycles.